The van der Waals surface area contributed by atoms with Crippen molar-refractivity contribution in [2.75, 3.05) is 49.7 Å². The van der Waals surface area contributed by atoms with Gasteiger partial charge in [-0.3, -0.25) is 9.78 Å². The molecule has 33 heavy (non-hydrogen) atoms. The smallest absolute Gasteiger partial charge is 0.256 e. The van der Waals surface area contributed by atoms with Gasteiger partial charge < -0.3 is 24.4 Å². The number of ether oxygens (including phenoxy) is 3. The number of carbonyl (C=O) groups is 1. The average Bonchev–Trinajstić information content (AvgIpc) is 2.81. The molecule has 0 aliphatic carbocycles. The molecule has 1 fully saturated rings. The fourth-order valence-corrected chi connectivity index (χ4v) is 4.42. The van der Waals surface area contributed by atoms with Gasteiger partial charge in [0.05, 0.1) is 48.9 Å². The van der Waals surface area contributed by atoms with Crippen LogP contribution in [-0.2, 0) is 4.74 Å². The summed E-state index contributed by atoms with van der Waals surface area (Å²) in [5.41, 5.74) is 3.58. The molecule has 1 aromatic heterocycles. The van der Waals surface area contributed by atoms with E-state index in [-0.39, 0.29) is 5.91 Å². The Morgan fingerprint density at radius 2 is 1.85 bits per heavy atom. The minimum Gasteiger partial charge on any atom is -0.492 e. The second-order valence-corrected chi connectivity index (χ2v) is 8.54. The number of aryl methyl sites for hydroxylation is 1. The van der Waals surface area contributed by atoms with Crippen LogP contribution in [-0.4, -0.2) is 50.4 Å². The standard InChI is InChI=1S/C25H28BrN3O4/c1-4-32-22-15-21(29-9-11-31-12-10-29)23(33-5-2)14-20(22)28-25(30)18-13-16(3)27-24-17(18)7-6-8-19(24)26/h6-8,13-15H,4-5,9-12H2,1-3H3,(H,28,30). The number of halogens is 1. The molecule has 174 valence electrons. The van der Waals surface area contributed by atoms with E-state index in [1.807, 2.05) is 51.1 Å². The van der Waals surface area contributed by atoms with Gasteiger partial charge in [-0.2, -0.15) is 0 Å². The third-order valence-electron chi connectivity index (χ3n) is 5.42. The lowest BCUT2D eigenvalue weighted by atomic mass is 10.1. The quantitative estimate of drug-likeness (QED) is 0.468. The van der Waals surface area contributed by atoms with E-state index < -0.39 is 0 Å². The van der Waals surface area contributed by atoms with Crippen LogP contribution in [0.5, 0.6) is 11.5 Å². The number of rotatable bonds is 7. The number of morpholine rings is 1. The van der Waals surface area contributed by atoms with E-state index in [1.165, 1.54) is 0 Å². The first-order valence-corrected chi connectivity index (χ1v) is 11.9. The third kappa shape index (κ3) is 5.07. The first-order chi connectivity index (χ1) is 16.0. The molecule has 2 heterocycles. The molecule has 0 unspecified atom stereocenters. The molecule has 0 radical (unpaired) electrons. The number of carbonyl (C=O) groups excluding carboxylic acids is 1. The minimum absolute atomic E-state index is 0.230. The van der Waals surface area contributed by atoms with Crippen molar-refractivity contribution in [3.8, 4) is 11.5 Å². The van der Waals surface area contributed by atoms with Crippen molar-refractivity contribution in [1.82, 2.24) is 4.98 Å². The van der Waals surface area contributed by atoms with Gasteiger partial charge in [0.25, 0.3) is 5.91 Å². The normalized spacial score (nSPS) is 13.8. The molecule has 1 amide bonds. The van der Waals surface area contributed by atoms with Crippen LogP contribution in [0, 0.1) is 6.92 Å². The number of hydrogen-bond donors (Lipinski definition) is 1. The number of nitrogens with zero attached hydrogens (tertiary/aromatic N) is 2. The maximum absolute atomic E-state index is 13.4. The van der Waals surface area contributed by atoms with Gasteiger partial charge in [-0.05, 0) is 48.8 Å². The summed E-state index contributed by atoms with van der Waals surface area (Å²) in [6.07, 6.45) is 0. The SMILES string of the molecule is CCOc1cc(N2CCOCC2)c(OCC)cc1NC(=O)c1cc(C)nc2c(Br)cccc12. The van der Waals surface area contributed by atoms with Crippen molar-refractivity contribution >= 4 is 44.1 Å². The number of pyridine rings is 1. The summed E-state index contributed by atoms with van der Waals surface area (Å²) in [6, 6.07) is 11.3. The average molecular weight is 514 g/mol. The molecule has 8 heteroatoms. The van der Waals surface area contributed by atoms with E-state index in [4.69, 9.17) is 14.2 Å². The lowest BCUT2D eigenvalue weighted by Crippen LogP contribution is -2.36. The zero-order chi connectivity index (χ0) is 23.4. The van der Waals surface area contributed by atoms with Gasteiger partial charge in [0.1, 0.15) is 11.5 Å². The highest BCUT2D eigenvalue weighted by Gasteiger charge is 2.21. The van der Waals surface area contributed by atoms with E-state index in [9.17, 15) is 4.79 Å². The minimum atomic E-state index is -0.230. The zero-order valence-corrected chi connectivity index (χ0v) is 20.7. The number of para-hydroxylation sites is 1. The molecule has 4 rings (SSSR count). The van der Waals surface area contributed by atoms with Gasteiger partial charge in [-0.1, -0.05) is 12.1 Å². The molecule has 1 N–H and O–H groups in total. The van der Waals surface area contributed by atoms with Crippen LogP contribution in [0.25, 0.3) is 10.9 Å². The first-order valence-electron chi connectivity index (χ1n) is 11.1. The van der Waals surface area contributed by atoms with E-state index in [1.54, 1.807) is 6.07 Å². The van der Waals surface area contributed by atoms with Gasteiger partial charge in [-0.15, -0.1) is 0 Å². The lowest BCUT2D eigenvalue weighted by molar-refractivity contribution is 0.102. The number of amides is 1. The summed E-state index contributed by atoms with van der Waals surface area (Å²) in [5, 5.41) is 3.83. The van der Waals surface area contributed by atoms with Crippen molar-refractivity contribution in [2.24, 2.45) is 0 Å². The maximum Gasteiger partial charge on any atom is 0.256 e. The molecule has 0 atom stereocenters. The first kappa shape index (κ1) is 23.3. The van der Waals surface area contributed by atoms with Crippen LogP contribution in [0.1, 0.15) is 29.9 Å². The van der Waals surface area contributed by atoms with Crippen molar-refractivity contribution in [2.45, 2.75) is 20.8 Å². The van der Waals surface area contributed by atoms with Crippen LogP contribution in [0.3, 0.4) is 0 Å². The Kier molecular flexibility index (Phi) is 7.35. The third-order valence-corrected chi connectivity index (χ3v) is 6.06. The molecule has 7 nitrogen and oxygen atoms in total. The fraction of sp³-hybridized carbons (Fsp3) is 0.360. The van der Waals surface area contributed by atoms with Gasteiger partial charge in [-0.25, -0.2) is 0 Å². The van der Waals surface area contributed by atoms with E-state index >= 15 is 0 Å². The van der Waals surface area contributed by atoms with Crippen molar-refractivity contribution < 1.29 is 19.0 Å². The Hall–Kier alpha value is -2.84. The number of aromatic nitrogens is 1. The van der Waals surface area contributed by atoms with Crippen LogP contribution in [0.4, 0.5) is 11.4 Å². The second-order valence-electron chi connectivity index (χ2n) is 7.68. The number of anilines is 2. The second kappa shape index (κ2) is 10.4. The summed E-state index contributed by atoms with van der Waals surface area (Å²) in [6.45, 7) is 9.62. The number of nitrogens with one attached hydrogen (secondary N) is 1. The van der Waals surface area contributed by atoms with Crippen LogP contribution in [0.15, 0.2) is 40.9 Å². The number of benzene rings is 2. The summed E-state index contributed by atoms with van der Waals surface area (Å²) in [7, 11) is 0. The topological polar surface area (TPSA) is 72.9 Å². The van der Waals surface area contributed by atoms with Crippen LogP contribution in [0.2, 0.25) is 0 Å². The zero-order valence-electron chi connectivity index (χ0n) is 19.1. The monoisotopic (exact) mass is 513 g/mol. The molecular weight excluding hydrogens is 486 g/mol. The van der Waals surface area contributed by atoms with Crippen LogP contribution < -0.4 is 19.7 Å². The highest BCUT2D eigenvalue weighted by atomic mass is 79.9. The molecule has 2 aromatic carbocycles. The number of fused-ring (bicyclic) bond motifs is 1. The fourth-order valence-electron chi connectivity index (χ4n) is 3.96. The highest BCUT2D eigenvalue weighted by molar-refractivity contribution is 9.10. The number of hydrogen-bond acceptors (Lipinski definition) is 6. The van der Waals surface area contributed by atoms with Crippen molar-refractivity contribution in [3.63, 3.8) is 0 Å². The molecule has 1 aliphatic rings. The molecule has 1 aliphatic heterocycles. The Morgan fingerprint density at radius 1 is 1.12 bits per heavy atom. The summed E-state index contributed by atoms with van der Waals surface area (Å²) in [4.78, 5) is 20.2. The van der Waals surface area contributed by atoms with Crippen molar-refractivity contribution in [3.05, 3.63) is 52.1 Å². The predicted octanol–water partition coefficient (Wildman–Crippen LogP) is 5.19. The summed E-state index contributed by atoms with van der Waals surface area (Å²) in [5.74, 6) is 1.08. The van der Waals surface area contributed by atoms with Gasteiger partial charge in [0.15, 0.2) is 0 Å². The maximum atomic E-state index is 13.4. The highest BCUT2D eigenvalue weighted by Crippen LogP contribution is 2.39. The van der Waals surface area contributed by atoms with Gasteiger partial charge in [0.2, 0.25) is 0 Å². The molecule has 0 spiro atoms. The van der Waals surface area contributed by atoms with Gasteiger partial charge >= 0.3 is 0 Å². The summed E-state index contributed by atoms with van der Waals surface area (Å²) < 4.78 is 18.2. The molecule has 3 aromatic rings. The summed E-state index contributed by atoms with van der Waals surface area (Å²) >= 11 is 3.54. The molecular formula is C25H28BrN3O4. The Balaban J connectivity index is 1.74. The predicted molar refractivity (Wildman–Crippen MR) is 134 cm³/mol. The Morgan fingerprint density at radius 3 is 2.58 bits per heavy atom. The molecule has 0 bridgehead atoms. The Bertz CT molecular complexity index is 1160. The van der Waals surface area contributed by atoms with E-state index in [0.717, 1.165) is 39.8 Å². The largest absolute Gasteiger partial charge is 0.492 e. The lowest BCUT2D eigenvalue weighted by Gasteiger charge is -2.31. The van der Waals surface area contributed by atoms with Crippen molar-refractivity contribution in [1.29, 1.82) is 0 Å². The van der Waals surface area contributed by atoms with Gasteiger partial charge in [0, 0.05) is 40.8 Å². The molecule has 0 saturated carbocycles. The molecule has 1 saturated heterocycles. The van der Waals surface area contributed by atoms with E-state index in [0.29, 0.717) is 49.2 Å². The Labute approximate surface area is 202 Å². The van der Waals surface area contributed by atoms with Crippen LogP contribution >= 0.6 is 15.9 Å². The van der Waals surface area contributed by atoms with E-state index in [2.05, 4.69) is 31.1 Å².